The van der Waals surface area contributed by atoms with Crippen LogP contribution in [0.2, 0.25) is 0 Å². The lowest BCUT2D eigenvalue weighted by Gasteiger charge is -2.09. The van der Waals surface area contributed by atoms with Gasteiger partial charge in [-0.25, -0.2) is 16.8 Å². The standard InChI is InChI=1S/C26H40N2O6S2/c1-33-25-17-13-23(14-18-25)27-35(29,30)21-11-9-7-5-3-4-6-8-10-12-22-36(31,32)28-24-15-19-26(34-2)20-16-24/h13-20,27-28H,3-12,21-22H2,1-2H3. The molecule has 10 heteroatoms. The Hall–Kier alpha value is -2.46. The molecule has 0 aromatic heterocycles. The van der Waals surface area contributed by atoms with Gasteiger partial charge in [0.2, 0.25) is 20.0 Å². The number of methoxy groups -OCH3 is 2. The first-order valence-corrected chi connectivity index (χ1v) is 15.8. The van der Waals surface area contributed by atoms with Gasteiger partial charge in [0.05, 0.1) is 25.7 Å². The van der Waals surface area contributed by atoms with Gasteiger partial charge in [-0.1, -0.05) is 51.4 Å². The summed E-state index contributed by atoms with van der Waals surface area (Å²) in [7, 11) is -3.54. The molecule has 2 aromatic carbocycles. The Balaban J connectivity index is 1.45. The molecule has 0 atom stereocenters. The summed E-state index contributed by atoms with van der Waals surface area (Å²) in [5, 5.41) is 0. The second kappa shape index (κ2) is 15.6. The van der Waals surface area contributed by atoms with Crippen LogP contribution in [-0.2, 0) is 20.0 Å². The van der Waals surface area contributed by atoms with E-state index in [-0.39, 0.29) is 11.5 Å². The second-order valence-electron chi connectivity index (χ2n) is 8.83. The Labute approximate surface area is 216 Å². The summed E-state index contributed by atoms with van der Waals surface area (Å²) in [6, 6.07) is 13.6. The van der Waals surface area contributed by atoms with E-state index in [1.807, 2.05) is 0 Å². The number of hydrogen-bond acceptors (Lipinski definition) is 6. The number of benzene rings is 2. The highest BCUT2D eigenvalue weighted by Gasteiger charge is 2.11. The molecule has 0 bridgehead atoms. The van der Waals surface area contributed by atoms with Crippen molar-refractivity contribution >= 4 is 31.4 Å². The largest absolute Gasteiger partial charge is 0.497 e. The van der Waals surface area contributed by atoms with Gasteiger partial charge < -0.3 is 9.47 Å². The lowest BCUT2D eigenvalue weighted by Crippen LogP contribution is -2.16. The van der Waals surface area contributed by atoms with Crippen LogP contribution in [0, 0.1) is 0 Å². The molecule has 0 unspecified atom stereocenters. The maximum Gasteiger partial charge on any atom is 0.232 e. The van der Waals surface area contributed by atoms with Crippen LogP contribution in [0.15, 0.2) is 48.5 Å². The van der Waals surface area contributed by atoms with Crippen molar-refractivity contribution in [2.24, 2.45) is 0 Å². The zero-order chi connectivity index (χ0) is 26.3. The highest BCUT2D eigenvalue weighted by atomic mass is 32.2. The third kappa shape index (κ3) is 12.5. The number of ether oxygens (including phenoxy) is 2. The summed E-state index contributed by atoms with van der Waals surface area (Å²) in [6.45, 7) is 0. The Morgan fingerprint density at radius 3 is 1.06 bits per heavy atom. The first kappa shape index (κ1) is 29.8. The van der Waals surface area contributed by atoms with Gasteiger partial charge in [0, 0.05) is 11.4 Å². The molecule has 0 saturated heterocycles. The summed E-state index contributed by atoms with van der Waals surface area (Å²) in [5.41, 5.74) is 1.09. The summed E-state index contributed by atoms with van der Waals surface area (Å²) >= 11 is 0. The monoisotopic (exact) mass is 540 g/mol. The summed E-state index contributed by atoms with van der Waals surface area (Å²) in [4.78, 5) is 0. The molecule has 8 nitrogen and oxygen atoms in total. The van der Waals surface area contributed by atoms with Crippen molar-refractivity contribution in [3.63, 3.8) is 0 Å². The lowest BCUT2D eigenvalue weighted by atomic mass is 10.1. The quantitative estimate of drug-likeness (QED) is 0.218. The van der Waals surface area contributed by atoms with Gasteiger partial charge in [0.1, 0.15) is 11.5 Å². The molecule has 2 N–H and O–H groups in total. The molecule has 0 spiro atoms. The van der Waals surface area contributed by atoms with Crippen LogP contribution >= 0.6 is 0 Å². The summed E-state index contributed by atoms with van der Waals surface area (Å²) in [5.74, 6) is 1.61. The molecule has 0 aliphatic carbocycles. The average molecular weight is 541 g/mol. The van der Waals surface area contributed by atoms with E-state index in [4.69, 9.17) is 9.47 Å². The van der Waals surface area contributed by atoms with Crippen LogP contribution in [-0.4, -0.2) is 42.6 Å². The molecular weight excluding hydrogens is 500 g/mol. The number of hydrogen-bond donors (Lipinski definition) is 2. The van der Waals surface area contributed by atoms with Crippen LogP contribution in [0.4, 0.5) is 11.4 Å². The van der Waals surface area contributed by atoms with Gasteiger partial charge in [-0.2, -0.15) is 0 Å². The van der Waals surface area contributed by atoms with E-state index in [2.05, 4.69) is 9.44 Å². The van der Waals surface area contributed by atoms with E-state index in [0.29, 0.717) is 35.7 Å². The molecular formula is C26H40N2O6S2. The zero-order valence-electron chi connectivity index (χ0n) is 21.4. The molecule has 0 heterocycles. The fourth-order valence-corrected chi connectivity index (χ4v) is 6.14. The predicted molar refractivity (Wildman–Crippen MR) is 147 cm³/mol. The first-order chi connectivity index (χ1) is 17.2. The molecule has 0 fully saturated rings. The van der Waals surface area contributed by atoms with E-state index in [9.17, 15) is 16.8 Å². The van der Waals surface area contributed by atoms with E-state index in [1.54, 1.807) is 62.8 Å². The minimum atomic E-state index is -3.34. The number of rotatable bonds is 19. The molecule has 0 amide bonds. The van der Waals surface area contributed by atoms with Gasteiger partial charge in [-0.15, -0.1) is 0 Å². The maximum absolute atomic E-state index is 12.2. The van der Waals surface area contributed by atoms with Crippen molar-refractivity contribution < 1.29 is 26.3 Å². The van der Waals surface area contributed by atoms with Crippen LogP contribution < -0.4 is 18.9 Å². The Bertz CT molecular complexity index is 997. The van der Waals surface area contributed by atoms with Gasteiger partial charge in [0.15, 0.2) is 0 Å². The Morgan fingerprint density at radius 2 is 0.778 bits per heavy atom. The predicted octanol–water partition coefficient (Wildman–Crippen LogP) is 5.79. The second-order valence-corrected chi connectivity index (χ2v) is 12.5. The van der Waals surface area contributed by atoms with E-state index in [0.717, 1.165) is 51.4 Å². The van der Waals surface area contributed by atoms with E-state index in [1.165, 1.54) is 0 Å². The number of anilines is 2. The highest BCUT2D eigenvalue weighted by Crippen LogP contribution is 2.18. The Morgan fingerprint density at radius 1 is 0.500 bits per heavy atom. The molecule has 2 aromatic rings. The fraction of sp³-hybridized carbons (Fsp3) is 0.538. The lowest BCUT2D eigenvalue weighted by molar-refractivity contribution is 0.415. The SMILES string of the molecule is COc1ccc(NS(=O)(=O)CCCCCCCCCCCCS(=O)(=O)Nc2ccc(OC)cc2)cc1. The normalized spacial score (nSPS) is 11.7. The zero-order valence-corrected chi connectivity index (χ0v) is 23.0. The summed E-state index contributed by atoms with van der Waals surface area (Å²) < 4.78 is 64.2. The topological polar surface area (TPSA) is 111 Å². The van der Waals surface area contributed by atoms with Crippen LogP contribution in [0.25, 0.3) is 0 Å². The van der Waals surface area contributed by atoms with Gasteiger partial charge >= 0.3 is 0 Å². The van der Waals surface area contributed by atoms with Crippen molar-refractivity contribution in [3.05, 3.63) is 48.5 Å². The third-order valence-electron chi connectivity index (χ3n) is 5.80. The van der Waals surface area contributed by atoms with Crippen LogP contribution in [0.3, 0.4) is 0 Å². The number of sulfonamides is 2. The molecule has 0 radical (unpaired) electrons. The third-order valence-corrected chi connectivity index (χ3v) is 8.55. The van der Waals surface area contributed by atoms with Crippen LogP contribution in [0.5, 0.6) is 11.5 Å². The van der Waals surface area contributed by atoms with Gasteiger partial charge in [0.25, 0.3) is 0 Å². The van der Waals surface area contributed by atoms with E-state index < -0.39 is 20.0 Å². The molecule has 0 aliphatic rings. The minimum absolute atomic E-state index is 0.120. The molecule has 0 saturated carbocycles. The van der Waals surface area contributed by atoms with E-state index >= 15 is 0 Å². The average Bonchev–Trinajstić information content (AvgIpc) is 2.85. The molecule has 36 heavy (non-hydrogen) atoms. The summed E-state index contributed by atoms with van der Waals surface area (Å²) in [6.07, 6.45) is 9.53. The minimum Gasteiger partial charge on any atom is -0.497 e. The first-order valence-electron chi connectivity index (χ1n) is 12.5. The number of nitrogens with one attached hydrogen (secondary N) is 2. The smallest absolute Gasteiger partial charge is 0.232 e. The fourth-order valence-electron chi connectivity index (χ4n) is 3.78. The molecule has 202 valence electrons. The Kier molecular flexibility index (Phi) is 12.9. The van der Waals surface area contributed by atoms with Gasteiger partial charge in [-0.3, -0.25) is 9.44 Å². The van der Waals surface area contributed by atoms with Crippen molar-refractivity contribution in [3.8, 4) is 11.5 Å². The van der Waals surface area contributed by atoms with Crippen molar-refractivity contribution in [2.45, 2.75) is 64.2 Å². The van der Waals surface area contributed by atoms with Gasteiger partial charge in [-0.05, 0) is 61.4 Å². The number of unbranched alkanes of at least 4 members (excludes halogenated alkanes) is 9. The molecule has 2 rings (SSSR count). The molecule has 0 aliphatic heterocycles. The van der Waals surface area contributed by atoms with Crippen LogP contribution in [0.1, 0.15) is 64.2 Å². The van der Waals surface area contributed by atoms with Crippen molar-refractivity contribution in [2.75, 3.05) is 35.2 Å². The highest BCUT2D eigenvalue weighted by molar-refractivity contribution is 7.92. The van der Waals surface area contributed by atoms with Crippen molar-refractivity contribution in [1.29, 1.82) is 0 Å². The van der Waals surface area contributed by atoms with Crippen molar-refractivity contribution in [1.82, 2.24) is 0 Å². The maximum atomic E-state index is 12.2.